The first-order valence-electron chi connectivity index (χ1n) is 10.2. The van der Waals surface area contributed by atoms with Crippen LogP contribution in [-0.4, -0.2) is 48.1 Å². The highest BCUT2D eigenvalue weighted by Crippen LogP contribution is 2.38. The molecule has 0 saturated heterocycles. The Morgan fingerprint density at radius 3 is 2.08 bits per heavy atom. The van der Waals surface area contributed by atoms with E-state index in [4.69, 9.17) is 30.5 Å². The Bertz CT molecular complexity index is 1370. The third-order valence-electron chi connectivity index (χ3n) is 4.89. The number of hydrogen-bond donors (Lipinski definition) is 1. The Morgan fingerprint density at radius 2 is 1.53 bits per heavy atom. The number of Topliss-reactive ketones (excluding diaryl/α,β-unsaturated/α-hetero) is 1. The SMILES string of the molecule is COc1cc(C(=O)COC(=O)c2cc(S(=O)(=O)Nc3ccc(F)cc3)ccc2Cl)cc(OC)c1OC. The number of sulfonamides is 1. The topological polar surface area (TPSA) is 117 Å². The van der Waals surface area contributed by atoms with Gasteiger partial charge < -0.3 is 18.9 Å². The molecule has 0 unspecified atom stereocenters. The van der Waals surface area contributed by atoms with Crippen LogP contribution in [0.3, 0.4) is 0 Å². The largest absolute Gasteiger partial charge is 0.493 e. The minimum Gasteiger partial charge on any atom is -0.493 e. The number of ether oxygens (including phenoxy) is 4. The minimum absolute atomic E-state index is 0.0824. The number of carbonyl (C=O) groups excluding carboxylic acids is 2. The van der Waals surface area contributed by atoms with Gasteiger partial charge in [-0.1, -0.05) is 11.6 Å². The summed E-state index contributed by atoms with van der Waals surface area (Å²) in [4.78, 5) is 25.0. The summed E-state index contributed by atoms with van der Waals surface area (Å²) in [6, 6.07) is 10.9. The highest BCUT2D eigenvalue weighted by Gasteiger charge is 2.22. The lowest BCUT2D eigenvalue weighted by Gasteiger charge is -2.14. The Balaban J connectivity index is 1.78. The monoisotopic (exact) mass is 537 g/mol. The second-order valence-electron chi connectivity index (χ2n) is 7.17. The molecule has 0 saturated carbocycles. The summed E-state index contributed by atoms with van der Waals surface area (Å²) in [5.41, 5.74) is -0.0222. The summed E-state index contributed by atoms with van der Waals surface area (Å²) in [7, 11) is 0.0498. The normalized spacial score (nSPS) is 10.9. The molecule has 0 aliphatic heterocycles. The molecule has 0 aliphatic carbocycles. The molecule has 0 atom stereocenters. The first-order valence-corrected chi connectivity index (χ1v) is 12.0. The number of ketones is 1. The molecule has 3 aromatic carbocycles. The summed E-state index contributed by atoms with van der Waals surface area (Å²) in [6.07, 6.45) is 0. The molecule has 0 radical (unpaired) electrons. The van der Waals surface area contributed by atoms with Crippen molar-refractivity contribution in [1.29, 1.82) is 0 Å². The van der Waals surface area contributed by atoms with Crippen molar-refractivity contribution in [2.45, 2.75) is 4.90 Å². The summed E-state index contributed by atoms with van der Waals surface area (Å²) in [5, 5.41) is -0.0824. The van der Waals surface area contributed by atoms with E-state index in [0.29, 0.717) is 0 Å². The molecule has 190 valence electrons. The first kappa shape index (κ1) is 26.8. The van der Waals surface area contributed by atoms with E-state index in [2.05, 4.69) is 4.72 Å². The molecule has 0 aromatic heterocycles. The Kier molecular flexibility index (Phi) is 8.38. The van der Waals surface area contributed by atoms with Crippen LogP contribution in [-0.2, 0) is 14.8 Å². The van der Waals surface area contributed by atoms with Gasteiger partial charge in [-0.2, -0.15) is 0 Å². The van der Waals surface area contributed by atoms with E-state index >= 15 is 0 Å². The smallest absolute Gasteiger partial charge is 0.340 e. The van der Waals surface area contributed by atoms with Crippen molar-refractivity contribution in [3.8, 4) is 17.2 Å². The van der Waals surface area contributed by atoms with Crippen molar-refractivity contribution in [2.24, 2.45) is 0 Å². The van der Waals surface area contributed by atoms with Gasteiger partial charge in [0.25, 0.3) is 10.0 Å². The number of halogens is 2. The van der Waals surface area contributed by atoms with E-state index in [1.165, 1.54) is 57.7 Å². The maximum absolute atomic E-state index is 13.1. The van der Waals surface area contributed by atoms with Gasteiger partial charge in [0.05, 0.1) is 36.8 Å². The molecule has 9 nitrogen and oxygen atoms in total. The van der Waals surface area contributed by atoms with Crippen molar-refractivity contribution >= 4 is 39.1 Å². The molecule has 0 amide bonds. The van der Waals surface area contributed by atoms with Crippen LogP contribution in [0.4, 0.5) is 10.1 Å². The van der Waals surface area contributed by atoms with E-state index in [-0.39, 0.29) is 44.0 Å². The minimum atomic E-state index is -4.14. The van der Waals surface area contributed by atoms with Gasteiger partial charge >= 0.3 is 5.97 Å². The molecule has 0 bridgehead atoms. The van der Waals surface area contributed by atoms with Gasteiger partial charge in [0.15, 0.2) is 18.1 Å². The molecular formula is C24H21ClFNO8S. The van der Waals surface area contributed by atoms with Gasteiger partial charge in [-0.25, -0.2) is 17.6 Å². The standard InChI is InChI=1S/C24H21ClFNO8S/c1-32-21-10-14(11-22(33-2)23(21)34-3)20(28)13-35-24(29)18-12-17(8-9-19(18)25)36(30,31)27-16-6-4-15(26)5-7-16/h4-12,27H,13H2,1-3H3. The second kappa shape index (κ2) is 11.3. The third-order valence-corrected chi connectivity index (χ3v) is 6.59. The zero-order chi connectivity index (χ0) is 26.5. The molecule has 3 aromatic rings. The average Bonchev–Trinajstić information content (AvgIpc) is 2.87. The van der Waals surface area contributed by atoms with Crippen molar-refractivity contribution < 1.29 is 41.3 Å². The van der Waals surface area contributed by atoms with Crippen molar-refractivity contribution in [3.63, 3.8) is 0 Å². The number of methoxy groups -OCH3 is 3. The molecule has 0 aliphatic rings. The van der Waals surface area contributed by atoms with Gasteiger partial charge in [-0.15, -0.1) is 0 Å². The molecule has 0 fully saturated rings. The van der Waals surface area contributed by atoms with Crippen LogP contribution < -0.4 is 18.9 Å². The third kappa shape index (κ3) is 6.04. The van der Waals surface area contributed by atoms with Gasteiger partial charge in [-0.3, -0.25) is 9.52 Å². The number of carbonyl (C=O) groups is 2. The van der Waals surface area contributed by atoms with Gasteiger partial charge in [0, 0.05) is 11.3 Å². The summed E-state index contributed by atoms with van der Waals surface area (Å²) < 4.78 is 61.5. The van der Waals surface area contributed by atoms with Crippen LogP contribution >= 0.6 is 11.6 Å². The van der Waals surface area contributed by atoms with E-state index in [0.717, 1.165) is 18.2 Å². The Labute approximate surface area is 211 Å². The average molecular weight is 538 g/mol. The number of anilines is 1. The van der Waals surface area contributed by atoms with Crippen LogP contribution in [0, 0.1) is 5.82 Å². The number of nitrogens with one attached hydrogen (secondary N) is 1. The lowest BCUT2D eigenvalue weighted by atomic mass is 10.1. The van der Waals surface area contributed by atoms with E-state index in [1.807, 2.05) is 0 Å². The van der Waals surface area contributed by atoms with Crippen LogP contribution in [0.25, 0.3) is 0 Å². The summed E-state index contributed by atoms with van der Waals surface area (Å²) in [5.74, 6) is -1.37. The second-order valence-corrected chi connectivity index (χ2v) is 9.26. The van der Waals surface area contributed by atoms with Crippen LogP contribution in [0.1, 0.15) is 20.7 Å². The quantitative estimate of drug-likeness (QED) is 0.300. The Morgan fingerprint density at radius 1 is 0.917 bits per heavy atom. The van der Waals surface area contributed by atoms with E-state index < -0.39 is 34.2 Å². The maximum atomic E-state index is 13.1. The lowest BCUT2D eigenvalue weighted by molar-refractivity contribution is 0.0474. The fourth-order valence-corrected chi connectivity index (χ4v) is 4.37. The maximum Gasteiger partial charge on any atom is 0.340 e. The van der Waals surface area contributed by atoms with Crippen molar-refractivity contribution in [1.82, 2.24) is 0 Å². The van der Waals surface area contributed by atoms with Crippen LogP contribution in [0.5, 0.6) is 17.2 Å². The first-order chi connectivity index (χ1) is 17.1. The molecule has 1 N–H and O–H groups in total. The predicted octanol–water partition coefficient (Wildman–Crippen LogP) is 4.35. The van der Waals surface area contributed by atoms with E-state index in [9.17, 15) is 22.4 Å². The predicted molar refractivity (Wildman–Crippen MR) is 129 cm³/mol. The van der Waals surface area contributed by atoms with Crippen LogP contribution in [0.15, 0.2) is 59.5 Å². The molecule has 3 rings (SSSR count). The zero-order valence-corrected chi connectivity index (χ0v) is 20.9. The highest BCUT2D eigenvalue weighted by molar-refractivity contribution is 7.92. The Hall–Kier alpha value is -3.83. The number of hydrogen-bond acceptors (Lipinski definition) is 8. The van der Waals surface area contributed by atoms with Crippen LogP contribution in [0.2, 0.25) is 5.02 Å². The number of benzene rings is 3. The van der Waals surface area contributed by atoms with Crippen molar-refractivity contribution in [3.05, 3.63) is 76.6 Å². The summed E-state index contributed by atoms with van der Waals surface area (Å²) >= 11 is 6.07. The van der Waals surface area contributed by atoms with Gasteiger partial charge in [-0.05, 0) is 54.6 Å². The number of rotatable bonds is 10. The highest BCUT2D eigenvalue weighted by atomic mass is 35.5. The molecule has 0 spiro atoms. The van der Waals surface area contributed by atoms with Crippen molar-refractivity contribution in [2.75, 3.05) is 32.7 Å². The zero-order valence-electron chi connectivity index (χ0n) is 19.3. The summed E-state index contributed by atoms with van der Waals surface area (Å²) in [6.45, 7) is -0.668. The molecule has 0 heterocycles. The van der Waals surface area contributed by atoms with Gasteiger partial charge in [0.2, 0.25) is 11.5 Å². The lowest BCUT2D eigenvalue weighted by Crippen LogP contribution is -2.17. The fraction of sp³-hybridized carbons (Fsp3) is 0.167. The van der Waals surface area contributed by atoms with E-state index in [1.54, 1.807) is 0 Å². The van der Waals surface area contributed by atoms with Gasteiger partial charge in [0.1, 0.15) is 5.82 Å². The fourth-order valence-electron chi connectivity index (χ4n) is 3.09. The molecule has 12 heteroatoms. The molecule has 36 heavy (non-hydrogen) atoms. The molecular weight excluding hydrogens is 517 g/mol. The number of esters is 1.